The summed E-state index contributed by atoms with van der Waals surface area (Å²) >= 11 is 0. The molecule has 8 nitrogen and oxygen atoms in total. The first-order chi connectivity index (χ1) is 12.4. The molecule has 1 aliphatic rings. The van der Waals surface area contributed by atoms with Crippen molar-refractivity contribution >= 4 is 27.4 Å². The number of ether oxygens (including phenoxy) is 2. The average molecular weight is 379 g/mol. The quantitative estimate of drug-likeness (QED) is 0.791. The Morgan fingerprint density at radius 1 is 1.12 bits per heavy atom. The number of benzene rings is 1. The lowest BCUT2D eigenvalue weighted by atomic mass is 10.2. The van der Waals surface area contributed by atoms with Gasteiger partial charge in [0.15, 0.2) is 5.03 Å². The van der Waals surface area contributed by atoms with Gasteiger partial charge < -0.3 is 18.9 Å². The predicted molar refractivity (Wildman–Crippen MR) is 97.0 cm³/mol. The van der Waals surface area contributed by atoms with Crippen molar-refractivity contribution in [1.29, 1.82) is 0 Å². The van der Waals surface area contributed by atoms with Crippen molar-refractivity contribution in [3.05, 3.63) is 42.1 Å². The Hall–Kier alpha value is -2.52. The molecule has 0 atom stereocenters. The fraction of sp³-hybridized carbons (Fsp3) is 0.353. The average Bonchev–Trinajstić information content (AvgIpc) is 3.04. The SMILES string of the molecule is COC(=O)c1ccc(S(=O)(=O)Nc2ccc(N3CCOCC3)cc2)n1C. The Kier molecular flexibility index (Phi) is 5.19. The van der Waals surface area contributed by atoms with E-state index in [1.165, 1.54) is 30.9 Å². The lowest BCUT2D eigenvalue weighted by Crippen LogP contribution is -2.36. The topological polar surface area (TPSA) is 89.9 Å². The van der Waals surface area contributed by atoms with E-state index < -0.39 is 16.0 Å². The molecule has 9 heteroatoms. The number of nitrogens with zero attached hydrogens (tertiary/aromatic N) is 2. The number of carbonyl (C=O) groups excluding carboxylic acids is 1. The van der Waals surface area contributed by atoms with Crippen molar-refractivity contribution in [3.63, 3.8) is 0 Å². The summed E-state index contributed by atoms with van der Waals surface area (Å²) in [4.78, 5) is 13.8. The molecule has 0 amide bonds. The number of hydrogen-bond acceptors (Lipinski definition) is 6. The van der Waals surface area contributed by atoms with Gasteiger partial charge in [-0.2, -0.15) is 8.42 Å². The molecular weight excluding hydrogens is 358 g/mol. The van der Waals surface area contributed by atoms with Crippen molar-refractivity contribution in [2.75, 3.05) is 43.0 Å². The number of carbonyl (C=O) groups is 1. The molecule has 1 N–H and O–H groups in total. The van der Waals surface area contributed by atoms with E-state index in [-0.39, 0.29) is 10.7 Å². The molecule has 1 fully saturated rings. The molecule has 0 aliphatic carbocycles. The van der Waals surface area contributed by atoms with Crippen LogP contribution in [-0.2, 0) is 26.5 Å². The van der Waals surface area contributed by atoms with Crippen LogP contribution in [0.3, 0.4) is 0 Å². The minimum absolute atomic E-state index is 0.0184. The molecule has 2 heterocycles. The standard InChI is InChI=1S/C17H21N3O5S/c1-19-15(17(21)24-2)7-8-16(19)26(22,23)18-13-3-5-14(6-4-13)20-9-11-25-12-10-20/h3-8,18H,9-12H2,1-2H3. The van der Waals surface area contributed by atoms with Gasteiger partial charge in [0.25, 0.3) is 10.0 Å². The minimum Gasteiger partial charge on any atom is -0.464 e. The van der Waals surface area contributed by atoms with Gasteiger partial charge in [-0.3, -0.25) is 4.72 Å². The highest BCUT2D eigenvalue weighted by Crippen LogP contribution is 2.22. The minimum atomic E-state index is -3.83. The molecular formula is C17H21N3O5S. The molecule has 0 bridgehead atoms. The molecule has 140 valence electrons. The van der Waals surface area contributed by atoms with Crippen molar-refractivity contribution in [2.24, 2.45) is 7.05 Å². The zero-order chi connectivity index (χ0) is 18.7. The molecule has 3 rings (SSSR count). The van der Waals surface area contributed by atoms with E-state index in [1.54, 1.807) is 12.1 Å². The van der Waals surface area contributed by atoms with Gasteiger partial charge in [0.1, 0.15) is 5.69 Å². The second-order valence-corrected chi connectivity index (χ2v) is 7.49. The summed E-state index contributed by atoms with van der Waals surface area (Å²) in [7, 11) is -1.08. The largest absolute Gasteiger partial charge is 0.464 e. The number of hydrogen-bond donors (Lipinski definition) is 1. The van der Waals surface area contributed by atoms with Gasteiger partial charge in [-0.05, 0) is 36.4 Å². The first-order valence-corrected chi connectivity index (χ1v) is 9.60. The lowest BCUT2D eigenvalue weighted by molar-refractivity contribution is 0.0589. The van der Waals surface area contributed by atoms with E-state index in [2.05, 4.69) is 14.4 Å². The molecule has 1 aromatic carbocycles. The summed E-state index contributed by atoms with van der Waals surface area (Å²) < 4.78 is 39.0. The Morgan fingerprint density at radius 2 is 1.77 bits per heavy atom. The van der Waals surface area contributed by atoms with Crippen LogP contribution in [0, 0.1) is 0 Å². The zero-order valence-corrected chi connectivity index (χ0v) is 15.5. The summed E-state index contributed by atoms with van der Waals surface area (Å²) in [6.07, 6.45) is 0. The van der Waals surface area contributed by atoms with E-state index in [9.17, 15) is 13.2 Å². The fourth-order valence-corrected chi connectivity index (χ4v) is 4.10. The first kappa shape index (κ1) is 18.3. The van der Waals surface area contributed by atoms with Crippen LogP contribution in [0.5, 0.6) is 0 Å². The molecule has 1 aliphatic heterocycles. The summed E-state index contributed by atoms with van der Waals surface area (Å²) in [6.45, 7) is 2.99. The van der Waals surface area contributed by atoms with Gasteiger partial charge in [-0.15, -0.1) is 0 Å². The van der Waals surface area contributed by atoms with Gasteiger partial charge in [-0.1, -0.05) is 0 Å². The third-order valence-electron chi connectivity index (χ3n) is 4.24. The van der Waals surface area contributed by atoms with Crippen molar-refractivity contribution in [1.82, 2.24) is 4.57 Å². The number of methoxy groups -OCH3 is 1. The van der Waals surface area contributed by atoms with Crippen LogP contribution in [0.25, 0.3) is 0 Å². The summed E-state index contributed by atoms with van der Waals surface area (Å²) in [5, 5.41) is -0.0184. The molecule has 0 saturated carbocycles. The number of morpholine rings is 1. The number of anilines is 2. The smallest absolute Gasteiger partial charge is 0.354 e. The highest BCUT2D eigenvalue weighted by atomic mass is 32.2. The van der Waals surface area contributed by atoms with Gasteiger partial charge in [0.2, 0.25) is 0 Å². The molecule has 0 radical (unpaired) electrons. The Labute approximate surface area is 152 Å². The maximum absolute atomic E-state index is 12.6. The van der Waals surface area contributed by atoms with Crippen LogP contribution >= 0.6 is 0 Å². The summed E-state index contributed by atoms with van der Waals surface area (Å²) in [5.74, 6) is -0.594. The Bertz CT molecular complexity index is 884. The number of aromatic nitrogens is 1. The molecule has 0 unspecified atom stereocenters. The number of sulfonamides is 1. The monoisotopic (exact) mass is 379 g/mol. The van der Waals surface area contributed by atoms with E-state index in [0.717, 1.165) is 18.8 Å². The molecule has 1 aromatic heterocycles. The second-order valence-electron chi connectivity index (χ2n) is 5.86. The van der Waals surface area contributed by atoms with Crippen LogP contribution in [-0.4, -0.2) is 52.4 Å². The first-order valence-electron chi connectivity index (χ1n) is 8.12. The van der Waals surface area contributed by atoms with E-state index >= 15 is 0 Å². The van der Waals surface area contributed by atoms with Crippen molar-refractivity contribution in [3.8, 4) is 0 Å². The van der Waals surface area contributed by atoms with Crippen LogP contribution in [0.4, 0.5) is 11.4 Å². The van der Waals surface area contributed by atoms with Gasteiger partial charge in [-0.25, -0.2) is 4.79 Å². The van der Waals surface area contributed by atoms with E-state index in [4.69, 9.17) is 4.74 Å². The van der Waals surface area contributed by atoms with Crippen LogP contribution < -0.4 is 9.62 Å². The van der Waals surface area contributed by atoms with E-state index in [0.29, 0.717) is 18.9 Å². The summed E-state index contributed by atoms with van der Waals surface area (Å²) in [5.41, 5.74) is 1.63. The highest BCUT2D eigenvalue weighted by Gasteiger charge is 2.22. The molecule has 2 aromatic rings. The Balaban J connectivity index is 1.77. The molecule has 26 heavy (non-hydrogen) atoms. The third kappa shape index (κ3) is 3.68. The number of esters is 1. The predicted octanol–water partition coefficient (Wildman–Crippen LogP) is 1.45. The highest BCUT2D eigenvalue weighted by molar-refractivity contribution is 7.92. The molecule has 1 saturated heterocycles. The molecule has 0 spiro atoms. The fourth-order valence-electron chi connectivity index (χ4n) is 2.84. The maximum atomic E-state index is 12.6. The Morgan fingerprint density at radius 3 is 2.38 bits per heavy atom. The van der Waals surface area contributed by atoms with Crippen LogP contribution in [0.15, 0.2) is 41.4 Å². The summed E-state index contributed by atoms with van der Waals surface area (Å²) in [6, 6.07) is 9.96. The number of nitrogens with one attached hydrogen (secondary N) is 1. The third-order valence-corrected chi connectivity index (χ3v) is 5.71. The van der Waals surface area contributed by atoms with Crippen LogP contribution in [0.1, 0.15) is 10.5 Å². The van der Waals surface area contributed by atoms with Crippen molar-refractivity contribution < 1.29 is 22.7 Å². The number of rotatable bonds is 5. The maximum Gasteiger partial charge on any atom is 0.354 e. The lowest BCUT2D eigenvalue weighted by Gasteiger charge is -2.28. The van der Waals surface area contributed by atoms with Gasteiger partial charge in [0.05, 0.1) is 20.3 Å². The second kappa shape index (κ2) is 7.38. The van der Waals surface area contributed by atoms with Gasteiger partial charge in [0, 0.05) is 31.5 Å². The van der Waals surface area contributed by atoms with Gasteiger partial charge >= 0.3 is 5.97 Å². The zero-order valence-electron chi connectivity index (χ0n) is 14.6. The van der Waals surface area contributed by atoms with Crippen LogP contribution in [0.2, 0.25) is 0 Å². The normalized spacial score (nSPS) is 14.9. The van der Waals surface area contributed by atoms with Crippen molar-refractivity contribution in [2.45, 2.75) is 5.03 Å². The van der Waals surface area contributed by atoms with E-state index in [1.807, 2.05) is 12.1 Å².